The summed E-state index contributed by atoms with van der Waals surface area (Å²) in [7, 11) is 1.51. The van der Waals surface area contributed by atoms with Crippen molar-refractivity contribution in [3.05, 3.63) is 57.5 Å². The van der Waals surface area contributed by atoms with Crippen LogP contribution in [0.2, 0.25) is 0 Å². The quantitative estimate of drug-likeness (QED) is 0.850. The number of carboxylic acid groups (broad SMARTS) is 1. The Bertz CT molecular complexity index is 713. The molecular weight excluding hydrogens is 321 g/mol. The standard InChI is InChI=1S/C16H16FNO4S/c1-16(15(20)21,11-3-5-12(17)6-4-11)18-14(19)13-10(9-22-2)7-8-23-13/h3-8H,9H2,1-2H3,(H,18,19)(H,20,21). The molecule has 1 atom stereocenters. The number of thiophene rings is 1. The Kier molecular flexibility index (Phi) is 5.12. The molecule has 2 aromatic rings. The summed E-state index contributed by atoms with van der Waals surface area (Å²) in [5.74, 6) is -2.22. The molecule has 1 aromatic carbocycles. The minimum Gasteiger partial charge on any atom is -0.479 e. The van der Waals surface area contributed by atoms with Crippen LogP contribution in [0.15, 0.2) is 35.7 Å². The lowest BCUT2D eigenvalue weighted by Crippen LogP contribution is -2.49. The third kappa shape index (κ3) is 3.57. The van der Waals surface area contributed by atoms with Crippen LogP contribution in [0, 0.1) is 5.82 Å². The lowest BCUT2D eigenvalue weighted by atomic mass is 9.92. The summed E-state index contributed by atoms with van der Waals surface area (Å²) < 4.78 is 18.1. The number of carbonyl (C=O) groups excluding carboxylic acids is 1. The number of carboxylic acids is 1. The van der Waals surface area contributed by atoms with Crippen LogP contribution in [0.25, 0.3) is 0 Å². The lowest BCUT2D eigenvalue weighted by molar-refractivity contribution is -0.144. The van der Waals surface area contributed by atoms with E-state index in [4.69, 9.17) is 4.74 Å². The van der Waals surface area contributed by atoms with Gasteiger partial charge in [0.15, 0.2) is 5.54 Å². The first kappa shape index (κ1) is 17.1. The number of nitrogens with one attached hydrogen (secondary N) is 1. The SMILES string of the molecule is COCc1ccsc1C(=O)NC(C)(C(=O)O)c1ccc(F)cc1. The van der Waals surface area contributed by atoms with Crippen LogP contribution >= 0.6 is 11.3 Å². The molecule has 2 rings (SSSR count). The lowest BCUT2D eigenvalue weighted by Gasteiger charge is -2.26. The van der Waals surface area contributed by atoms with Gasteiger partial charge in [-0.2, -0.15) is 0 Å². The predicted octanol–water partition coefficient (Wildman–Crippen LogP) is 2.76. The molecule has 0 saturated heterocycles. The number of ether oxygens (including phenoxy) is 1. The molecule has 1 unspecified atom stereocenters. The maximum atomic E-state index is 13.1. The number of benzene rings is 1. The molecule has 1 amide bonds. The van der Waals surface area contributed by atoms with E-state index in [0.29, 0.717) is 10.4 Å². The molecule has 0 fully saturated rings. The van der Waals surface area contributed by atoms with Gasteiger partial charge in [-0.3, -0.25) is 4.79 Å². The van der Waals surface area contributed by atoms with Crippen molar-refractivity contribution in [2.45, 2.75) is 19.1 Å². The minimum atomic E-state index is -1.67. The van der Waals surface area contributed by atoms with E-state index in [-0.39, 0.29) is 12.2 Å². The first-order valence-electron chi connectivity index (χ1n) is 6.75. The third-order valence-corrected chi connectivity index (χ3v) is 4.42. The van der Waals surface area contributed by atoms with Crippen molar-refractivity contribution in [3.8, 4) is 0 Å². The van der Waals surface area contributed by atoms with Gasteiger partial charge < -0.3 is 15.2 Å². The number of hydrogen-bond acceptors (Lipinski definition) is 4. The van der Waals surface area contributed by atoms with Crippen molar-refractivity contribution in [1.29, 1.82) is 0 Å². The molecule has 23 heavy (non-hydrogen) atoms. The molecule has 0 spiro atoms. The Balaban J connectivity index is 2.32. The second-order valence-corrected chi connectivity index (χ2v) is 6.02. The summed E-state index contributed by atoms with van der Waals surface area (Å²) >= 11 is 1.20. The number of methoxy groups -OCH3 is 1. The van der Waals surface area contributed by atoms with E-state index in [0.717, 1.165) is 12.1 Å². The summed E-state index contributed by atoms with van der Waals surface area (Å²) in [5.41, 5.74) is -0.703. The fraction of sp³-hybridized carbons (Fsp3) is 0.250. The highest BCUT2D eigenvalue weighted by Gasteiger charge is 2.37. The van der Waals surface area contributed by atoms with Crippen molar-refractivity contribution < 1.29 is 23.8 Å². The molecule has 2 N–H and O–H groups in total. The number of amides is 1. The van der Waals surface area contributed by atoms with Gasteiger partial charge in [-0.25, -0.2) is 9.18 Å². The molecule has 0 radical (unpaired) electrons. The van der Waals surface area contributed by atoms with Crippen LogP contribution in [0.1, 0.15) is 27.7 Å². The van der Waals surface area contributed by atoms with Crippen LogP contribution in [-0.2, 0) is 21.7 Å². The average Bonchev–Trinajstić information content (AvgIpc) is 2.96. The molecule has 0 aliphatic heterocycles. The number of aliphatic carboxylic acids is 1. The molecule has 1 aromatic heterocycles. The van der Waals surface area contributed by atoms with E-state index < -0.39 is 23.2 Å². The first-order chi connectivity index (χ1) is 10.9. The van der Waals surface area contributed by atoms with Gasteiger partial charge in [0.25, 0.3) is 5.91 Å². The highest BCUT2D eigenvalue weighted by Crippen LogP contribution is 2.24. The zero-order valence-electron chi connectivity index (χ0n) is 12.6. The minimum absolute atomic E-state index is 0.257. The fourth-order valence-corrected chi connectivity index (χ4v) is 2.93. The zero-order chi connectivity index (χ0) is 17.0. The molecule has 5 nitrogen and oxygen atoms in total. The third-order valence-electron chi connectivity index (χ3n) is 3.47. The highest BCUT2D eigenvalue weighted by atomic mass is 32.1. The van der Waals surface area contributed by atoms with Crippen LogP contribution < -0.4 is 5.32 Å². The number of hydrogen-bond donors (Lipinski definition) is 2. The van der Waals surface area contributed by atoms with E-state index in [1.165, 1.54) is 37.5 Å². The average molecular weight is 337 g/mol. The zero-order valence-corrected chi connectivity index (χ0v) is 13.4. The highest BCUT2D eigenvalue weighted by molar-refractivity contribution is 7.12. The number of halogens is 1. The molecule has 122 valence electrons. The molecule has 0 aliphatic carbocycles. The van der Waals surface area contributed by atoms with Crippen molar-refractivity contribution in [1.82, 2.24) is 5.32 Å². The van der Waals surface area contributed by atoms with Crippen LogP contribution in [0.3, 0.4) is 0 Å². The Morgan fingerprint density at radius 2 is 1.96 bits per heavy atom. The maximum absolute atomic E-state index is 13.1. The van der Waals surface area contributed by atoms with Gasteiger partial charge in [0, 0.05) is 12.7 Å². The Hall–Kier alpha value is -2.25. The van der Waals surface area contributed by atoms with Crippen molar-refractivity contribution in [2.75, 3.05) is 7.11 Å². The maximum Gasteiger partial charge on any atom is 0.333 e. The molecule has 0 saturated carbocycles. The summed E-state index contributed by atoms with van der Waals surface area (Å²) in [6.45, 7) is 1.62. The topological polar surface area (TPSA) is 75.6 Å². The van der Waals surface area contributed by atoms with Crippen molar-refractivity contribution in [2.24, 2.45) is 0 Å². The van der Waals surface area contributed by atoms with Gasteiger partial charge in [-0.05, 0) is 36.1 Å². The Labute approximate surface area is 136 Å². The monoisotopic (exact) mass is 337 g/mol. The number of carbonyl (C=O) groups is 2. The van der Waals surface area contributed by atoms with Gasteiger partial charge in [0.2, 0.25) is 0 Å². The Morgan fingerprint density at radius 1 is 1.30 bits per heavy atom. The molecule has 0 bridgehead atoms. The summed E-state index contributed by atoms with van der Waals surface area (Å²) in [5, 5.41) is 13.8. The smallest absolute Gasteiger partial charge is 0.333 e. The molecule has 7 heteroatoms. The van der Waals surface area contributed by atoms with Gasteiger partial charge >= 0.3 is 5.97 Å². The van der Waals surface area contributed by atoms with E-state index >= 15 is 0 Å². The van der Waals surface area contributed by atoms with E-state index in [1.54, 1.807) is 11.4 Å². The van der Waals surface area contributed by atoms with Gasteiger partial charge in [0.05, 0.1) is 11.5 Å². The largest absolute Gasteiger partial charge is 0.479 e. The van der Waals surface area contributed by atoms with Crippen molar-refractivity contribution >= 4 is 23.2 Å². The van der Waals surface area contributed by atoms with Crippen molar-refractivity contribution in [3.63, 3.8) is 0 Å². The summed E-state index contributed by atoms with van der Waals surface area (Å²) in [6.07, 6.45) is 0. The molecular formula is C16H16FNO4S. The molecule has 1 heterocycles. The predicted molar refractivity (Wildman–Crippen MR) is 83.9 cm³/mol. The van der Waals surface area contributed by atoms with E-state index in [2.05, 4.69) is 5.32 Å². The summed E-state index contributed by atoms with van der Waals surface area (Å²) in [6, 6.07) is 6.75. The second kappa shape index (κ2) is 6.89. The fourth-order valence-electron chi connectivity index (χ4n) is 2.12. The van der Waals surface area contributed by atoms with Crippen LogP contribution in [0.4, 0.5) is 4.39 Å². The summed E-state index contributed by atoms with van der Waals surface area (Å²) in [4.78, 5) is 24.6. The van der Waals surface area contributed by atoms with Gasteiger partial charge in [0.1, 0.15) is 5.82 Å². The first-order valence-corrected chi connectivity index (χ1v) is 7.63. The second-order valence-electron chi connectivity index (χ2n) is 5.10. The van der Waals surface area contributed by atoms with E-state index in [9.17, 15) is 19.1 Å². The van der Waals surface area contributed by atoms with Crippen LogP contribution in [0.5, 0.6) is 0 Å². The van der Waals surface area contributed by atoms with Gasteiger partial charge in [-0.15, -0.1) is 11.3 Å². The normalized spacial score (nSPS) is 13.3. The molecule has 0 aliphatic rings. The van der Waals surface area contributed by atoms with Gasteiger partial charge in [-0.1, -0.05) is 12.1 Å². The Morgan fingerprint density at radius 3 is 2.52 bits per heavy atom. The van der Waals surface area contributed by atoms with Crippen LogP contribution in [-0.4, -0.2) is 24.1 Å². The van der Waals surface area contributed by atoms with E-state index in [1.807, 2.05) is 0 Å². The number of rotatable bonds is 6.